The maximum Gasteiger partial charge on any atom is 0.264 e. The molecule has 8 heteroatoms. The van der Waals surface area contributed by atoms with Gasteiger partial charge in [-0.05, 0) is 98.8 Å². The average Bonchev–Trinajstić information content (AvgIpc) is 3.46. The van der Waals surface area contributed by atoms with Crippen molar-refractivity contribution in [3.05, 3.63) is 68.2 Å². The molecule has 5 rings (SSSR count). The van der Waals surface area contributed by atoms with Crippen molar-refractivity contribution in [3.63, 3.8) is 0 Å². The number of rotatable bonds is 4. The summed E-state index contributed by atoms with van der Waals surface area (Å²) in [4.78, 5) is 19.1. The van der Waals surface area contributed by atoms with Gasteiger partial charge >= 0.3 is 0 Å². The van der Waals surface area contributed by atoms with Crippen LogP contribution in [0.1, 0.15) is 45.8 Å². The fourth-order valence-electron chi connectivity index (χ4n) is 4.47. The van der Waals surface area contributed by atoms with Crippen molar-refractivity contribution in [2.24, 2.45) is 4.99 Å². The summed E-state index contributed by atoms with van der Waals surface area (Å²) < 4.78 is 7.35. The number of ether oxygens (including phenoxy) is 1. The molecule has 1 fully saturated rings. The molecule has 1 N–H and O–H groups in total. The number of amides is 1. The van der Waals surface area contributed by atoms with Crippen LogP contribution in [0.2, 0.25) is 0 Å². The van der Waals surface area contributed by atoms with E-state index in [0.717, 1.165) is 58.2 Å². The van der Waals surface area contributed by atoms with Crippen molar-refractivity contribution in [3.8, 4) is 16.8 Å². The number of hydrogen-bond donors (Lipinski definition) is 1. The number of aromatic nitrogens is 1. The molecule has 0 saturated carbocycles. The van der Waals surface area contributed by atoms with Crippen LogP contribution in [0, 0.1) is 25.2 Å². The van der Waals surface area contributed by atoms with Gasteiger partial charge in [-0.1, -0.05) is 0 Å². The number of fused-ring (bicyclic) bond motifs is 1. The first-order valence-corrected chi connectivity index (χ1v) is 12.8. The molecule has 172 valence electrons. The van der Waals surface area contributed by atoms with Crippen LogP contribution in [0.5, 0.6) is 5.75 Å². The lowest BCUT2D eigenvalue weighted by Crippen LogP contribution is -2.19. The minimum absolute atomic E-state index is 0.161. The highest BCUT2D eigenvalue weighted by Crippen LogP contribution is 2.39. The number of thioether (sulfide) groups is 1. The van der Waals surface area contributed by atoms with Crippen LogP contribution in [-0.4, -0.2) is 22.8 Å². The normalized spacial score (nSPS) is 17.6. The van der Waals surface area contributed by atoms with Crippen molar-refractivity contribution in [1.82, 2.24) is 9.88 Å². The zero-order valence-corrected chi connectivity index (χ0v) is 20.9. The molecule has 0 bridgehead atoms. The third-order valence-corrected chi connectivity index (χ3v) is 8.37. The van der Waals surface area contributed by atoms with E-state index in [-0.39, 0.29) is 5.91 Å². The quantitative estimate of drug-likeness (QED) is 0.470. The fraction of sp³-hybridized carbons (Fsp3) is 0.269. The molecule has 1 aromatic carbocycles. The van der Waals surface area contributed by atoms with Gasteiger partial charge in [0, 0.05) is 16.3 Å². The largest absolute Gasteiger partial charge is 0.497 e. The van der Waals surface area contributed by atoms with Gasteiger partial charge in [0.1, 0.15) is 16.8 Å². The molecular formula is C26H24N4O2S2. The minimum atomic E-state index is -0.161. The molecule has 3 aromatic rings. The summed E-state index contributed by atoms with van der Waals surface area (Å²) in [5, 5.41) is 14.3. The van der Waals surface area contributed by atoms with E-state index in [9.17, 15) is 10.1 Å². The van der Waals surface area contributed by atoms with Crippen molar-refractivity contribution < 1.29 is 9.53 Å². The molecular weight excluding hydrogens is 464 g/mol. The number of amidine groups is 1. The Morgan fingerprint density at radius 2 is 1.97 bits per heavy atom. The smallest absolute Gasteiger partial charge is 0.264 e. The Hall–Kier alpha value is -3.28. The molecule has 1 aliphatic heterocycles. The first-order chi connectivity index (χ1) is 16.5. The van der Waals surface area contributed by atoms with E-state index in [0.29, 0.717) is 10.1 Å². The first kappa shape index (κ1) is 22.5. The maximum absolute atomic E-state index is 12.6. The van der Waals surface area contributed by atoms with E-state index in [2.05, 4.69) is 27.0 Å². The van der Waals surface area contributed by atoms with Crippen molar-refractivity contribution in [2.75, 3.05) is 7.11 Å². The number of nitrogens with zero attached hydrogens (tertiary/aromatic N) is 3. The van der Waals surface area contributed by atoms with Gasteiger partial charge in [0.25, 0.3) is 5.91 Å². The van der Waals surface area contributed by atoms with Crippen LogP contribution in [-0.2, 0) is 17.6 Å². The highest BCUT2D eigenvalue weighted by molar-refractivity contribution is 8.18. The standard InChI is InChI=1S/C26H24N4O2S2/c1-15-12-17(16(2)30(15)25-21(14-27)20-6-4-5-7-22(20)33-25)13-23-24(31)29-26(34-23)28-18-8-10-19(32-3)11-9-18/h8-13H,4-7H2,1-3H3,(H,28,29,31)/b23-13-. The van der Waals surface area contributed by atoms with E-state index < -0.39 is 0 Å². The number of aryl methyl sites for hydroxylation is 2. The van der Waals surface area contributed by atoms with Crippen LogP contribution < -0.4 is 10.1 Å². The van der Waals surface area contributed by atoms with Gasteiger partial charge in [-0.2, -0.15) is 5.26 Å². The molecule has 0 unspecified atom stereocenters. The second-order valence-electron chi connectivity index (χ2n) is 8.34. The molecule has 2 aliphatic rings. The Morgan fingerprint density at radius 1 is 1.21 bits per heavy atom. The van der Waals surface area contributed by atoms with Crippen LogP contribution in [0.15, 0.2) is 40.2 Å². The zero-order chi connectivity index (χ0) is 23.8. The Bertz CT molecular complexity index is 1390. The van der Waals surface area contributed by atoms with Gasteiger partial charge in [0.15, 0.2) is 5.17 Å². The topological polar surface area (TPSA) is 79.4 Å². The van der Waals surface area contributed by atoms with Gasteiger partial charge in [-0.15, -0.1) is 11.3 Å². The summed E-state index contributed by atoms with van der Waals surface area (Å²) >= 11 is 3.06. The molecule has 6 nitrogen and oxygen atoms in total. The molecule has 3 heterocycles. The number of carbonyl (C=O) groups excluding carboxylic acids is 1. The summed E-state index contributed by atoms with van der Waals surface area (Å²) in [5.41, 5.74) is 5.82. The second-order valence-corrected chi connectivity index (χ2v) is 10.5. The molecule has 2 aromatic heterocycles. The van der Waals surface area contributed by atoms with Crippen LogP contribution in [0.3, 0.4) is 0 Å². The summed E-state index contributed by atoms with van der Waals surface area (Å²) in [6.45, 7) is 4.09. The highest BCUT2D eigenvalue weighted by Gasteiger charge is 2.26. The number of thiophene rings is 1. The Kier molecular flexibility index (Phi) is 6.07. The molecule has 0 atom stereocenters. The number of methoxy groups -OCH3 is 1. The average molecular weight is 489 g/mol. The third-order valence-electron chi connectivity index (χ3n) is 6.18. The predicted molar refractivity (Wildman–Crippen MR) is 138 cm³/mol. The number of hydrogen-bond acceptors (Lipinski definition) is 6. The lowest BCUT2D eigenvalue weighted by Gasteiger charge is -2.10. The number of nitrogens with one attached hydrogen (secondary N) is 1. The van der Waals surface area contributed by atoms with Gasteiger partial charge < -0.3 is 14.6 Å². The fourth-order valence-corrected chi connectivity index (χ4v) is 6.75. The van der Waals surface area contributed by atoms with Gasteiger partial charge in [0.2, 0.25) is 0 Å². The molecule has 0 spiro atoms. The van der Waals surface area contributed by atoms with Gasteiger partial charge in [-0.3, -0.25) is 4.79 Å². The lowest BCUT2D eigenvalue weighted by atomic mass is 9.96. The van der Waals surface area contributed by atoms with E-state index in [1.165, 1.54) is 28.6 Å². The van der Waals surface area contributed by atoms with Crippen molar-refractivity contribution >= 4 is 45.9 Å². The minimum Gasteiger partial charge on any atom is -0.497 e. The van der Waals surface area contributed by atoms with Crippen LogP contribution in [0.25, 0.3) is 11.1 Å². The lowest BCUT2D eigenvalue weighted by molar-refractivity contribution is -0.115. The Labute approximate surface area is 207 Å². The van der Waals surface area contributed by atoms with E-state index in [1.807, 2.05) is 44.2 Å². The van der Waals surface area contributed by atoms with E-state index in [1.54, 1.807) is 18.4 Å². The second kappa shape index (κ2) is 9.16. The molecule has 0 radical (unpaired) electrons. The highest BCUT2D eigenvalue weighted by atomic mass is 32.2. The number of aliphatic imine (C=N–C) groups is 1. The Balaban J connectivity index is 1.46. The van der Waals surface area contributed by atoms with E-state index in [4.69, 9.17) is 4.74 Å². The van der Waals surface area contributed by atoms with Gasteiger partial charge in [0.05, 0.1) is 23.3 Å². The summed E-state index contributed by atoms with van der Waals surface area (Å²) in [6.07, 6.45) is 6.28. The third kappa shape index (κ3) is 4.06. The molecule has 1 amide bonds. The zero-order valence-electron chi connectivity index (χ0n) is 19.3. The van der Waals surface area contributed by atoms with Crippen LogP contribution in [0.4, 0.5) is 5.69 Å². The summed E-state index contributed by atoms with van der Waals surface area (Å²) in [7, 11) is 1.62. The molecule has 1 aliphatic carbocycles. The Morgan fingerprint density at radius 3 is 2.71 bits per heavy atom. The summed E-state index contributed by atoms with van der Waals surface area (Å²) in [5.74, 6) is 0.598. The van der Waals surface area contributed by atoms with Crippen molar-refractivity contribution in [1.29, 1.82) is 5.26 Å². The maximum atomic E-state index is 12.6. The summed E-state index contributed by atoms with van der Waals surface area (Å²) in [6, 6.07) is 11.9. The van der Waals surface area contributed by atoms with Crippen molar-refractivity contribution in [2.45, 2.75) is 39.5 Å². The molecule has 1 saturated heterocycles. The number of nitriles is 1. The number of benzene rings is 1. The van der Waals surface area contributed by atoms with E-state index >= 15 is 0 Å². The first-order valence-electron chi connectivity index (χ1n) is 11.2. The monoisotopic (exact) mass is 488 g/mol. The van der Waals surface area contributed by atoms with Gasteiger partial charge in [-0.25, -0.2) is 4.99 Å². The SMILES string of the molecule is COc1ccc(N=C2NC(=O)/C(=C/c3cc(C)n(-c4sc5c(c4C#N)CCCC5)c3C)S2)cc1. The molecule has 34 heavy (non-hydrogen) atoms. The predicted octanol–water partition coefficient (Wildman–Crippen LogP) is 5.81. The number of carbonyl (C=O) groups is 1. The van der Waals surface area contributed by atoms with Crippen LogP contribution >= 0.6 is 23.1 Å².